The van der Waals surface area contributed by atoms with Crippen molar-refractivity contribution < 1.29 is 0 Å². The van der Waals surface area contributed by atoms with E-state index in [2.05, 4.69) is 25.6 Å². The first-order chi connectivity index (χ1) is 7.70. The van der Waals surface area contributed by atoms with E-state index in [4.69, 9.17) is 5.26 Å². The number of hydrogen-bond donors (Lipinski definition) is 0. The Kier molecular flexibility index (Phi) is 4.79. The minimum Gasteiger partial charge on any atom is -0.192 e. The highest BCUT2D eigenvalue weighted by Crippen LogP contribution is 2.23. The predicted molar refractivity (Wildman–Crippen MR) is 69.1 cm³/mol. The van der Waals surface area contributed by atoms with Gasteiger partial charge in [-0.2, -0.15) is 5.26 Å². The Bertz CT molecular complexity index is 410. The molecule has 0 N–H and O–H groups in total. The molecule has 0 aliphatic heterocycles. The highest BCUT2D eigenvalue weighted by Gasteiger charge is 2.08. The van der Waals surface area contributed by atoms with E-state index < -0.39 is 0 Å². The van der Waals surface area contributed by atoms with E-state index >= 15 is 0 Å². The third-order valence-electron chi connectivity index (χ3n) is 2.75. The van der Waals surface area contributed by atoms with E-state index in [0.29, 0.717) is 0 Å². The van der Waals surface area contributed by atoms with E-state index in [-0.39, 0.29) is 0 Å². The van der Waals surface area contributed by atoms with Crippen molar-refractivity contribution in [3.8, 4) is 6.07 Å². The van der Waals surface area contributed by atoms with Crippen LogP contribution in [-0.2, 0) is 6.42 Å². The maximum absolute atomic E-state index is 9.07. The summed E-state index contributed by atoms with van der Waals surface area (Å²) < 4.78 is 0. The Morgan fingerprint density at radius 1 is 1.38 bits per heavy atom. The van der Waals surface area contributed by atoms with Gasteiger partial charge in [-0.1, -0.05) is 38.5 Å². The van der Waals surface area contributed by atoms with Crippen molar-refractivity contribution in [1.82, 2.24) is 0 Å². The molecule has 0 radical (unpaired) electrons. The van der Waals surface area contributed by atoms with Crippen LogP contribution in [0.3, 0.4) is 0 Å². The van der Waals surface area contributed by atoms with Gasteiger partial charge in [0.25, 0.3) is 0 Å². The number of hydrogen-bond acceptors (Lipinski definition) is 1. The van der Waals surface area contributed by atoms with Gasteiger partial charge in [-0.15, -0.1) is 0 Å². The van der Waals surface area contributed by atoms with Crippen molar-refractivity contribution in [2.75, 3.05) is 0 Å². The number of unbranched alkanes of at least 4 members (excludes halogenated alkanes) is 2. The van der Waals surface area contributed by atoms with E-state index in [0.717, 1.165) is 23.1 Å². The molecular formula is C15H19N. The summed E-state index contributed by atoms with van der Waals surface area (Å²) in [7, 11) is 0. The minimum atomic E-state index is 0.751. The second-order valence-corrected chi connectivity index (χ2v) is 4.19. The Morgan fingerprint density at radius 3 is 2.69 bits per heavy atom. The van der Waals surface area contributed by atoms with Crippen LogP contribution >= 0.6 is 0 Å². The summed E-state index contributed by atoms with van der Waals surface area (Å²) in [6.07, 6.45) is 4.70. The van der Waals surface area contributed by atoms with Crippen LogP contribution in [0.25, 0.3) is 5.57 Å². The van der Waals surface area contributed by atoms with Gasteiger partial charge in [0, 0.05) is 0 Å². The molecule has 0 heterocycles. The topological polar surface area (TPSA) is 23.8 Å². The third-order valence-corrected chi connectivity index (χ3v) is 2.75. The lowest BCUT2D eigenvalue weighted by atomic mass is 9.93. The van der Waals surface area contributed by atoms with Crippen LogP contribution in [0.5, 0.6) is 0 Å². The van der Waals surface area contributed by atoms with Gasteiger partial charge in [-0.05, 0) is 42.5 Å². The number of aryl methyl sites for hydroxylation is 1. The number of rotatable bonds is 5. The summed E-state index contributed by atoms with van der Waals surface area (Å²) in [6, 6.07) is 8.19. The molecule has 1 rings (SSSR count). The third kappa shape index (κ3) is 2.97. The summed E-state index contributed by atoms with van der Waals surface area (Å²) in [5.74, 6) is 0. The fourth-order valence-electron chi connectivity index (χ4n) is 1.97. The molecule has 0 aliphatic rings. The molecule has 16 heavy (non-hydrogen) atoms. The van der Waals surface area contributed by atoms with Crippen molar-refractivity contribution >= 4 is 5.57 Å². The molecule has 1 heteroatoms. The Hall–Kier alpha value is -1.55. The zero-order chi connectivity index (χ0) is 12.0. The molecule has 0 amide bonds. The molecule has 1 aromatic carbocycles. The standard InChI is InChI=1S/C15H19N/c1-4-5-6-8-13-9-7-10-14(11-16)15(13)12(2)3/h7,9-10H,2,4-6,8H2,1,3H3. The van der Waals surface area contributed by atoms with E-state index in [1.54, 1.807) is 0 Å². The molecule has 0 bridgehead atoms. The summed E-state index contributed by atoms with van der Waals surface area (Å²) >= 11 is 0. The fourth-order valence-corrected chi connectivity index (χ4v) is 1.97. The number of nitriles is 1. The second-order valence-electron chi connectivity index (χ2n) is 4.19. The van der Waals surface area contributed by atoms with Crippen LogP contribution in [0.2, 0.25) is 0 Å². The first-order valence-electron chi connectivity index (χ1n) is 5.88. The van der Waals surface area contributed by atoms with Gasteiger partial charge in [-0.3, -0.25) is 0 Å². The largest absolute Gasteiger partial charge is 0.192 e. The zero-order valence-corrected chi connectivity index (χ0v) is 10.2. The Balaban J connectivity index is 2.99. The summed E-state index contributed by atoms with van der Waals surface area (Å²) in [5.41, 5.74) is 4.06. The highest BCUT2D eigenvalue weighted by molar-refractivity contribution is 5.70. The zero-order valence-electron chi connectivity index (χ0n) is 10.2. The number of benzene rings is 1. The van der Waals surface area contributed by atoms with Crippen LogP contribution in [0.15, 0.2) is 24.8 Å². The summed E-state index contributed by atoms with van der Waals surface area (Å²) in [5, 5.41) is 9.07. The molecule has 0 atom stereocenters. The Morgan fingerprint density at radius 2 is 2.12 bits per heavy atom. The van der Waals surface area contributed by atoms with Crippen LogP contribution < -0.4 is 0 Å². The van der Waals surface area contributed by atoms with Gasteiger partial charge in [0.05, 0.1) is 11.6 Å². The quantitative estimate of drug-likeness (QED) is 0.668. The lowest BCUT2D eigenvalue weighted by molar-refractivity contribution is 0.716. The molecule has 0 saturated carbocycles. The molecule has 0 fully saturated rings. The van der Waals surface area contributed by atoms with Gasteiger partial charge in [0.1, 0.15) is 0 Å². The highest BCUT2D eigenvalue weighted by atomic mass is 14.2. The van der Waals surface area contributed by atoms with Crippen molar-refractivity contribution in [2.45, 2.75) is 39.5 Å². The molecule has 1 nitrogen and oxygen atoms in total. The first-order valence-corrected chi connectivity index (χ1v) is 5.88. The molecule has 0 saturated heterocycles. The summed E-state index contributed by atoms with van der Waals surface area (Å²) in [4.78, 5) is 0. The molecule has 0 aliphatic carbocycles. The summed E-state index contributed by atoms with van der Waals surface area (Å²) in [6.45, 7) is 8.14. The van der Waals surface area contributed by atoms with E-state index in [9.17, 15) is 0 Å². The predicted octanol–water partition coefficient (Wildman–Crippen LogP) is 4.32. The molecule has 0 spiro atoms. The molecule has 1 aromatic rings. The molecule has 0 unspecified atom stereocenters. The van der Waals surface area contributed by atoms with Crippen molar-refractivity contribution in [2.24, 2.45) is 0 Å². The smallest absolute Gasteiger partial charge is 0.0998 e. The molecule has 84 valence electrons. The monoisotopic (exact) mass is 213 g/mol. The van der Waals surface area contributed by atoms with Gasteiger partial charge in [0.15, 0.2) is 0 Å². The second kappa shape index (κ2) is 6.12. The lowest BCUT2D eigenvalue weighted by Crippen LogP contribution is -1.96. The molecule has 0 aromatic heterocycles. The van der Waals surface area contributed by atoms with Crippen molar-refractivity contribution in [3.05, 3.63) is 41.5 Å². The average Bonchev–Trinajstić information content (AvgIpc) is 2.28. The Labute approximate surface area is 98.4 Å². The maximum atomic E-state index is 9.07. The fraction of sp³-hybridized carbons (Fsp3) is 0.400. The van der Waals surface area contributed by atoms with E-state index in [1.165, 1.54) is 24.8 Å². The number of allylic oxidation sites excluding steroid dienone is 1. The van der Waals surface area contributed by atoms with E-state index in [1.807, 2.05) is 19.1 Å². The van der Waals surface area contributed by atoms with Crippen LogP contribution in [0.4, 0.5) is 0 Å². The minimum absolute atomic E-state index is 0.751. The van der Waals surface area contributed by atoms with Gasteiger partial charge < -0.3 is 0 Å². The van der Waals surface area contributed by atoms with Crippen molar-refractivity contribution in [1.29, 1.82) is 5.26 Å². The lowest BCUT2D eigenvalue weighted by Gasteiger charge is -2.10. The SMILES string of the molecule is C=C(C)c1c(C#N)cccc1CCCCC. The number of nitrogens with zero attached hydrogens (tertiary/aromatic N) is 1. The van der Waals surface area contributed by atoms with Crippen LogP contribution in [0.1, 0.15) is 49.8 Å². The normalized spacial score (nSPS) is 9.81. The van der Waals surface area contributed by atoms with Gasteiger partial charge >= 0.3 is 0 Å². The first kappa shape index (κ1) is 12.5. The molecular weight excluding hydrogens is 194 g/mol. The van der Waals surface area contributed by atoms with Gasteiger partial charge in [0.2, 0.25) is 0 Å². The van der Waals surface area contributed by atoms with Crippen molar-refractivity contribution in [3.63, 3.8) is 0 Å². The maximum Gasteiger partial charge on any atom is 0.0998 e. The average molecular weight is 213 g/mol. The van der Waals surface area contributed by atoms with Crippen LogP contribution in [-0.4, -0.2) is 0 Å². The van der Waals surface area contributed by atoms with Crippen LogP contribution in [0, 0.1) is 11.3 Å². The van der Waals surface area contributed by atoms with Gasteiger partial charge in [-0.25, -0.2) is 0 Å².